The summed E-state index contributed by atoms with van der Waals surface area (Å²) in [4.78, 5) is 14.8. The third-order valence-corrected chi connectivity index (χ3v) is 2.91. The molecular formula is C13H22N4O3. The molecule has 1 rings (SSSR count). The van der Waals surface area contributed by atoms with Crippen molar-refractivity contribution in [3.63, 3.8) is 0 Å². The van der Waals surface area contributed by atoms with E-state index in [1.807, 2.05) is 20.8 Å². The summed E-state index contributed by atoms with van der Waals surface area (Å²) < 4.78 is 0. The largest absolute Gasteiger partial charge is 0.394 e. The van der Waals surface area contributed by atoms with E-state index < -0.39 is 4.92 Å². The van der Waals surface area contributed by atoms with Gasteiger partial charge in [0.1, 0.15) is 11.6 Å². The van der Waals surface area contributed by atoms with Crippen LogP contribution in [0.15, 0.2) is 12.1 Å². The van der Waals surface area contributed by atoms with Gasteiger partial charge in [0.15, 0.2) is 0 Å². The Hall–Kier alpha value is -1.89. The van der Waals surface area contributed by atoms with Gasteiger partial charge < -0.3 is 15.7 Å². The maximum atomic E-state index is 10.9. The molecule has 20 heavy (non-hydrogen) atoms. The molecule has 112 valence electrons. The number of nitrogens with one attached hydrogen (secondary N) is 2. The molecule has 3 N–H and O–H groups in total. The molecule has 0 fully saturated rings. The Morgan fingerprint density at radius 2 is 2.05 bits per heavy atom. The van der Waals surface area contributed by atoms with Gasteiger partial charge in [-0.3, -0.25) is 10.1 Å². The van der Waals surface area contributed by atoms with Crippen molar-refractivity contribution in [2.45, 2.75) is 33.2 Å². The second-order valence-electron chi connectivity index (χ2n) is 4.96. The highest BCUT2D eigenvalue weighted by Gasteiger charge is 2.16. The molecule has 0 saturated carbocycles. The first kappa shape index (κ1) is 16.2. The lowest BCUT2D eigenvalue weighted by atomic mass is 10.1. The molecule has 1 heterocycles. The standard InChI is InChI=1S/C13H22N4O3/c1-4-5-14-12-6-10(17(19)20)7-13(16-12)15-11(8-18)9(2)3/h6-7,9,11,18H,4-5,8H2,1-3H3,(H2,14,15,16). The minimum Gasteiger partial charge on any atom is -0.394 e. The Labute approximate surface area is 118 Å². The summed E-state index contributed by atoms with van der Waals surface area (Å²) >= 11 is 0. The summed E-state index contributed by atoms with van der Waals surface area (Å²) in [7, 11) is 0. The molecule has 0 aliphatic rings. The van der Waals surface area contributed by atoms with Crippen molar-refractivity contribution < 1.29 is 10.0 Å². The van der Waals surface area contributed by atoms with E-state index in [0.717, 1.165) is 6.42 Å². The van der Waals surface area contributed by atoms with Crippen LogP contribution in [0.5, 0.6) is 0 Å². The molecule has 0 aliphatic heterocycles. The monoisotopic (exact) mass is 282 g/mol. The lowest BCUT2D eigenvalue weighted by molar-refractivity contribution is -0.384. The van der Waals surface area contributed by atoms with Gasteiger partial charge in [-0.25, -0.2) is 4.98 Å². The molecule has 7 heteroatoms. The van der Waals surface area contributed by atoms with Crippen LogP contribution in [0.3, 0.4) is 0 Å². The van der Waals surface area contributed by atoms with Crippen LogP contribution in [0.2, 0.25) is 0 Å². The minimum atomic E-state index is -0.451. The number of nitro groups is 1. The van der Waals surface area contributed by atoms with Gasteiger partial charge in [0.25, 0.3) is 5.69 Å². The smallest absolute Gasteiger partial charge is 0.276 e. The van der Waals surface area contributed by atoms with Crippen molar-refractivity contribution in [1.82, 2.24) is 4.98 Å². The highest BCUT2D eigenvalue weighted by atomic mass is 16.6. The Balaban J connectivity index is 2.98. The van der Waals surface area contributed by atoms with Gasteiger partial charge in [0, 0.05) is 6.54 Å². The van der Waals surface area contributed by atoms with Gasteiger partial charge in [0.05, 0.1) is 29.7 Å². The second kappa shape index (κ2) is 7.64. The van der Waals surface area contributed by atoms with Gasteiger partial charge in [-0.15, -0.1) is 0 Å². The number of aliphatic hydroxyl groups is 1. The summed E-state index contributed by atoms with van der Waals surface area (Å²) in [6.45, 7) is 6.56. The first-order valence-corrected chi connectivity index (χ1v) is 6.75. The molecule has 0 saturated heterocycles. The average Bonchev–Trinajstić information content (AvgIpc) is 2.41. The number of aliphatic hydroxyl groups excluding tert-OH is 1. The van der Waals surface area contributed by atoms with Crippen molar-refractivity contribution in [3.8, 4) is 0 Å². The van der Waals surface area contributed by atoms with E-state index in [-0.39, 0.29) is 24.3 Å². The number of anilines is 2. The topological polar surface area (TPSA) is 100 Å². The molecule has 7 nitrogen and oxygen atoms in total. The maximum Gasteiger partial charge on any atom is 0.276 e. The van der Waals surface area contributed by atoms with Crippen molar-refractivity contribution in [3.05, 3.63) is 22.2 Å². The predicted molar refractivity (Wildman–Crippen MR) is 79.0 cm³/mol. The maximum absolute atomic E-state index is 10.9. The van der Waals surface area contributed by atoms with Gasteiger partial charge in [-0.1, -0.05) is 20.8 Å². The van der Waals surface area contributed by atoms with Crippen LogP contribution in [0.1, 0.15) is 27.2 Å². The van der Waals surface area contributed by atoms with Crippen LogP contribution in [-0.4, -0.2) is 34.2 Å². The van der Waals surface area contributed by atoms with Crippen molar-refractivity contribution >= 4 is 17.3 Å². The van der Waals surface area contributed by atoms with Gasteiger partial charge >= 0.3 is 0 Å². The van der Waals surface area contributed by atoms with E-state index in [0.29, 0.717) is 18.2 Å². The van der Waals surface area contributed by atoms with E-state index in [1.54, 1.807) is 0 Å². The third kappa shape index (κ3) is 4.65. The Bertz CT molecular complexity index is 451. The number of aromatic nitrogens is 1. The van der Waals surface area contributed by atoms with Crippen molar-refractivity contribution in [2.24, 2.45) is 5.92 Å². The zero-order valence-corrected chi connectivity index (χ0v) is 12.1. The third-order valence-electron chi connectivity index (χ3n) is 2.91. The van der Waals surface area contributed by atoms with Crippen LogP contribution in [0.4, 0.5) is 17.3 Å². The number of nitrogens with zero attached hydrogens (tertiary/aromatic N) is 2. The lowest BCUT2D eigenvalue weighted by Gasteiger charge is -2.20. The van der Waals surface area contributed by atoms with Crippen LogP contribution in [-0.2, 0) is 0 Å². The SMILES string of the molecule is CCCNc1cc([N+](=O)[O-])cc(NC(CO)C(C)C)n1. The summed E-state index contributed by atoms with van der Waals surface area (Å²) in [5, 5.41) is 26.3. The fraction of sp³-hybridized carbons (Fsp3) is 0.615. The fourth-order valence-electron chi connectivity index (χ4n) is 1.65. The first-order chi connectivity index (χ1) is 9.47. The molecule has 1 aromatic heterocycles. The average molecular weight is 282 g/mol. The Morgan fingerprint density at radius 1 is 1.40 bits per heavy atom. The lowest BCUT2D eigenvalue weighted by Crippen LogP contribution is -2.30. The van der Waals surface area contributed by atoms with Crippen LogP contribution in [0.25, 0.3) is 0 Å². The van der Waals surface area contributed by atoms with Crippen LogP contribution < -0.4 is 10.6 Å². The van der Waals surface area contributed by atoms with E-state index >= 15 is 0 Å². The molecule has 1 unspecified atom stereocenters. The summed E-state index contributed by atoms with van der Waals surface area (Å²) in [5.41, 5.74) is -0.0263. The normalized spacial score (nSPS) is 12.2. The number of hydrogen-bond acceptors (Lipinski definition) is 6. The number of hydrogen-bond donors (Lipinski definition) is 3. The van der Waals surface area contributed by atoms with Gasteiger partial charge in [-0.05, 0) is 12.3 Å². The molecule has 0 aromatic carbocycles. The van der Waals surface area contributed by atoms with E-state index in [2.05, 4.69) is 15.6 Å². The molecular weight excluding hydrogens is 260 g/mol. The quantitative estimate of drug-likeness (QED) is 0.499. The molecule has 0 aliphatic carbocycles. The Kier molecular flexibility index (Phi) is 6.17. The zero-order chi connectivity index (χ0) is 15.1. The van der Waals surface area contributed by atoms with Crippen LogP contribution in [0, 0.1) is 16.0 Å². The summed E-state index contributed by atoms with van der Waals surface area (Å²) in [6.07, 6.45) is 0.901. The van der Waals surface area contributed by atoms with Crippen molar-refractivity contribution in [2.75, 3.05) is 23.8 Å². The first-order valence-electron chi connectivity index (χ1n) is 6.75. The summed E-state index contributed by atoms with van der Waals surface area (Å²) in [5.74, 6) is 1.04. The molecule has 0 amide bonds. The zero-order valence-electron chi connectivity index (χ0n) is 12.1. The van der Waals surface area contributed by atoms with E-state index in [1.165, 1.54) is 12.1 Å². The summed E-state index contributed by atoms with van der Waals surface area (Å²) in [6, 6.07) is 2.59. The Morgan fingerprint density at radius 3 is 2.55 bits per heavy atom. The number of rotatable bonds is 8. The molecule has 0 radical (unpaired) electrons. The molecule has 1 aromatic rings. The molecule has 1 atom stereocenters. The second-order valence-corrected chi connectivity index (χ2v) is 4.96. The highest BCUT2D eigenvalue weighted by Crippen LogP contribution is 2.22. The van der Waals surface area contributed by atoms with Crippen LogP contribution >= 0.6 is 0 Å². The highest BCUT2D eigenvalue weighted by molar-refractivity contribution is 5.55. The number of pyridine rings is 1. The van der Waals surface area contributed by atoms with E-state index in [4.69, 9.17) is 0 Å². The fourth-order valence-corrected chi connectivity index (χ4v) is 1.65. The minimum absolute atomic E-state index is 0.0263. The van der Waals surface area contributed by atoms with Gasteiger partial charge in [-0.2, -0.15) is 0 Å². The van der Waals surface area contributed by atoms with Crippen molar-refractivity contribution in [1.29, 1.82) is 0 Å². The van der Waals surface area contributed by atoms with Gasteiger partial charge in [0.2, 0.25) is 0 Å². The predicted octanol–water partition coefficient (Wildman–Crippen LogP) is 2.24. The van der Waals surface area contributed by atoms with E-state index in [9.17, 15) is 15.2 Å². The molecule has 0 bridgehead atoms. The molecule has 0 spiro atoms.